The van der Waals surface area contributed by atoms with E-state index in [2.05, 4.69) is 22.4 Å². The first kappa shape index (κ1) is 19.5. The van der Waals surface area contributed by atoms with Crippen molar-refractivity contribution in [2.75, 3.05) is 33.4 Å². The number of nitrogens with zero attached hydrogens (tertiary/aromatic N) is 2. The van der Waals surface area contributed by atoms with Gasteiger partial charge in [-0.05, 0) is 49.2 Å². The fraction of sp³-hybridized carbons (Fsp3) is 0.348. The first-order valence-corrected chi connectivity index (χ1v) is 9.84. The Morgan fingerprint density at radius 1 is 1.17 bits per heavy atom. The third kappa shape index (κ3) is 3.61. The van der Waals surface area contributed by atoms with E-state index in [4.69, 9.17) is 9.47 Å². The maximum Gasteiger partial charge on any atom is 0.336 e. The summed E-state index contributed by atoms with van der Waals surface area (Å²) >= 11 is 0. The van der Waals surface area contributed by atoms with Crippen molar-refractivity contribution in [1.82, 2.24) is 9.30 Å². The maximum absolute atomic E-state index is 11.9. The lowest BCUT2D eigenvalue weighted by Gasteiger charge is -2.33. The highest BCUT2D eigenvalue weighted by atomic mass is 16.5. The van der Waals surface area contributed by atoms with Crippen LogP contribution in [-0.2, 0) is 4.74 Å². The Morgan fingerprint density at radius 3 is 2.62 bits per heavy atom. The van der Waals surface area contributed by atoms with Gasteiger partial charge in [-0.3, -0.25) is 4.90 Å². The molecule has 1 fully saturated rings. The van der Waals surface area contributed by atoms with Gasteiger partial charge in [0, 0.05) is 42.1 Å². The number of ether oxygens (including phenoxy) is 2. The van der Waals surface area contributed by atoms with E-state index >= 15 is 0 Å². The molecule has 3 heterocycles. The predicted octanol–water partition coefficient (Wildman–Crippen LogP) is 4.01. The number of pyridine rings is 1. The Morgan fingerprint density at radius 2 is 1.93 bits per heavy atom. The van der Waals surface area contributed by atoms with Gasteiger partial charge in [0.05, 0.1) is 25.9 Å². The number of methoxy groups -OCH3 is 1. The molecule has 1 saturated heterocycles. The summed E-state index contributed by atoms with van der Waals surface area (Å²) in [5, 5.41) is 9.77. The minimum absolute atomic E-state index is 0.0752. The molecule has 1 aliphatic heterocycles. The zero-order chi connectivity index (χ0) is 20.5. The molecule has 6 heteroatoms. The number of rotatable bonds is 5. The van der Waals surface area contributed by atoms with Gasteiger partial charge in [-0.2, -0.15) is 0 Å². The Hall–Kier alpha value is -2.83. The normalized spacial score (nSPS) is 16.1. The molecule has 1 aliphatic rings. The second kappa shape index (κ2) is 7.89. The first-order chi connectivity index (χ1) is 14.0. The molecule has 1 unspecified atom stereocenters. The van der Waals surface area contributed by atoms with Gasteiger partial charge in [-0.15, -0.1) is 0 Å². The number of carboxylic acid groups (broad SMARTS) is 1. The Balaban J connectivity index is 1.88. The van der Waals surface area contributed by atoms with Crippen LogP contribution in [0.5, 0.6) is 5.75 Å². The van der Waals surface area contributed by atoms with Crippen LogP contribution in [0.25, 0.3) is 16.6 Å². The van der Waals surface area contributed by atoms with Crippen molar-refractivity contribution in [3.63, 3.8) is 0 Å². The highest BCUT2D eigenvalue weighted by molar-refractivity contribution is 5.91. The molecule has 3 aromatic rings. The lowest BCUT2D eigenvalue weighted by atomic mass is 10.0. The summed E-state index contributed by atoms with van der Waals surface area (Å²) in [6.07, 6.45) is 2.09. The zero-order valence-corrected chi connectivity index (χ0v) is 17.0. The van der Waals surface area contributed by atoms with E-state index in [1.54, 1.807) is 13.2 Å². The molecule has 0 amide bonds. The first-order valence-electron chi connectivity index (χ1n) is 9.84. The third-order valence-electron chi connectivity index (χ3n) is 5.81. The van der Waals surface area contributed by atoms with Crippen molar-refractivity contribution in [3.8, 4) is 16.9 Å². The summed E-state index contributed by atoms with van der Waals surface area (Å²) in [7, 11) is 1.65. The van der Waals surface area contributed by atoms with E-state index in [9.17, 15) is 9.90 Å². The molecule has 1 atom stereocenters. The van der Waals surface area contributed by atoms with Crippen LogP contribution < -0.4 is 4.74 Å². The van der Waals surface area contributed by atoms with Gasteiger partial charge in [0.25, 0.3) is 0 Å². The van der Waals surface area contributed by atoms with Gasteiger partial charge in [0.15, 0.2) is 0 Å². The van der Waals surface area contributed by atoms with Crippen LogP contribution in [0.3, 0.4) is 0 Å². The van der Waals surface area contributed by atoms with E-state index in [1.165, 1.54) is 0 Å². The van der Waals surface area contributed by atoms with Gasteiger partial charge >= 0.3 is 5.97 Å². The fourth-order valence-corrected chi connectivity index (χ4v) is 4.21. The van der Waals surface area contributed by atoms with E-state index in [0.717, 1.165) is 46.7 Å². The van der Waals surface area contributed by atoms with Crippen molar-refractivity contribution >= 4 is 11.5 Å². The van der Waals surface area contributed by atoms with Crippen LogP contribution in [-0.4, -0.2) is 53.8 Å². The number of hydrogen-bond donors (Lipinski definition) is 1. The average Bonchev–Trinajstić information content (AvgIpc) is 3.17. The maximum atomic E-state index is 11.9. The number of carbonyl (C=O) groups is 1. The molecule has 2 aromatic heterocycles. The SMILES string of the molecule is COc1cccc(-c2cc3cc(C(=O)O)c(C)c(C(C)N4CCOCC4)n3c2)c1. The predicted molar refractivity (Wildman–Crippen MR) is 112 cm³/mol. The van der Waals surface area contributed by atoms with Gasteiger partial charge < -0.3 is 19.0 Å². The molecule has 29 heavy (non-hydrogen) atoms. The van der Waals surface area contributed by atoms with Crippen LogP contribution in [0.1, 0.15) is 34.6 Å². The van der Waals surface area contributed by atoms with E-state index in [0.29, 0.717) is 18.8 Å². The number of aromatic nitrogens is 1. The molecule has 1 N–H and O–H groups in total. The van der Waals surface area contributed by atoms with Gasteiger partial charge in [-0.25, -0.2) is 4.79 Å². The summed E-state index contributed by atoms with van der Waals surface area (Å²) in [6.45, 7) is 7.12. The molecule has 6 nitrogen and oxygen atoms in total. The lowest BCUT2D eigenvalue weighted by Crippen LogP contribution is -2.39. The second-order valence-corrected chi connectivity index (χ2v) is 7.45. The number of benzene rings is 1. The van der Waals surface area contributed by atoms with Crippen LogP contribution in [0, 0.1) is 6.92 Å². The van der Waals surface area contributed by atoms with Gasteiger partial charge in [0.1, 0.15) is 5.75 Å². The summed E-state index contributed by atoms with van der Waals surface area (Å²) < 4.78 is 13.0. The topological polar surface area (TPSA) is 63.4 Å². The number of carboxylic acids is 1. The van der Waals surface area contributed by atoms with Crippen molar-refractivity contribution < 1.29 is 19.4 Å². The van der Waals surface area contributed by atoms with Crippen molar-refractivity contribution in [2.24, 2.45) is 0 Å². The minimum Gasteiger partial charge on any atom is -0.497 e. The van der Waals surface area contributed by atoms with Crippen molar-refractivity contribution in [2.45, 2.75) is 19.9 Å². The smallest absolute Gasteiger partial charge is 0.336 e. The number of morpholine rings is 1. The van der Waals surface area contributed by atoms with Crippen LogP contribution >= 0.6 is 0 Å². The van der Waals surface area contributed by atoms with Crippen molar-refractivity contribution in [3.05, 3.63) is 59.4 Å². The molecule has 0 saturated carbocycles. The summed E-state index contributed by atoms with van der Waals surface area (Å²) in [4.78, 5) is 14.3. The van der Waals surface area contributed by atoms with Crippen LogP contribution in [0.15, 0.2) is 42.6 Å². The minimum atomic E-state index is -0.899. The molecule has 0 aliphatic carbocycles. The van der Waals surface area contributed by atoms with Crippen LogP contribution in [0.4, 0.5) is 0 Å². The quantitative estimate of drug-likeness (QED) is 0.708. The highest BCUT2D eigenvalue weighted by Crippen LogP contribution is 2.32. The number of hydrogen-bond acceptors (Lipinski definition) is 4. The molecule has 1 aromatic carbocycles. The summed E-state index contributed by atoms with van der Waals surface area (Å²) in [5.41, 5.74) is 5.10. The molecule has 0 bridgehead atoms. The number of aromatic carboxylic acids is 1. The molecular formula is C23H26N2O4. The summed E-state index contributed by atoms with van der Waals surface area (Å²) in [6, 6.07) is 11.8. The average molecular weight is 394 g/mol. The standard InChI is InChI=1S/C23H26N2O4/c1-15-21(23(26)27)13-19-11-18(17-5-4-6-20(12-17)28-3)14-25(19)22(15)16(2)24-7-9-29-10-8-24/h4-6,11-14,16H,7-10H2,1-3H3,(H,26,27). The largest absolute Gasteiger partial charge is 0.497 e. The van der Waals surface area contributed by atoms with Gasteiger partial charge in [0.2, 0.25) is 0 Å². The molecule has 152 valence electrons. The number of fused-ring (bicyclic) bond motifs is 1. The lowest BCUT2D eigenvalue weighted by molar-refractivity contribution is 0.0187. The molecular weight excluding hydrogens is 368 g/mol. The molecule has 0 spiro atoms. The summed E-state index contributed by atoms with van der Waals surface area (Å²) in [5.74, 6) is -0.105. The van der Waals surface area contributed by atoms with Crippen molar-refractivity contribution in [1.29, 1.82) is 0 Å². The molecule has 0 radical (unpaired) electrons. The monoisotopic (exact) mass is 394 g/mol. The second-order valence-electron chi connectivity index (χ2n) is 7.45. The molecule has 4 rings (SSSR count). The Bertz CT molecular complexity index is 1050. The fourth-order valence-electron chi connectivity index (χ4n) is 4.21. The Kier molecular flexibility index (Phi) is 5.30. The third-order valence-corrected chi connectivity index (χ3v) is 5.81. The van der Waals surface area contributed by atoms with Crippen LogP contribution in [0.2, 0.25) is 0 Å². The zero-order valence-electron chi connectivity index (χ0n) is 17.0. The van der Waals surface area contributed by atoms with E-state index in [-0.39, 0.29) is 6.04 Å². The van der Waals surface area contributed by atoms with E-state index in [1.807, 2.05) is 37.3 Å². The van der Waals surface area contributed by atoms with E-state index < -0.39 is 5.97 Å². The Labute approximate surface area is 170 Å². The van der Waals surface area contributed by atoms with Gasteiger partial charge in [-0.1, -0.05) is 12.1 Å². The highest BCUT2D eigenvalue weighted by Gasteiger charge is 2.25.